The van der Waals surface area contributed by atoms with Gasteiger partial charge in [-0.05, 0) is 44.0 Å². The van der Waals surface area contributed by atoms with Crippen molar-refractivity contribution in [3.8, 4) is 0 Å². The third kappa shape index (κ3) is 3.68. The number of rotatable bonds is 5. The maximum Gasteiger partial charge on any atom is 0.252 e. The number of nitrogens with one attached hydrogen (secondary N) is 1. The molecule has 3 atom stereocenters. The summed E-state index contributed by atoms with van der Waals surface area (Å²) in [5.41, 5.74) is 4.55. The van der Waals surface area contributed by atoms with Crippen molar-refractivity contribution >= 4 is 27.8 Å². The number of hydrogen-bond acceptors (Lipinski definition) is 6. The van der Waals surface area contributed by atoms with Gasteiger partial charge in [0, 0.05) is 55.9 Å². The maximum absolute atomic E-state index is 12.7. The van der Waals surface area contributed by atoms with E-state index in [1.165, 1.54) is 0 Å². The third-order valence-corrected chi connectivity index (χ3v) is 7.23. The summed E-state index contributed by atoms with van der Waals surface area (Å²) < 4.78 is 1.65. The molecule has 5 heterocycles. The Morgan fingerprint density at radius 1 is 1.15 bits per heavy atom. The van der Waals surface area contributed by atoms with Gasteiger partial charge in [0.05, 0.1) is 23.1 Å². The number of pyridine rings is 3. The summed E-state index contributed by atoms with van der Waals surface area (Å²) in [5.74, 6) is 0. The Morgan fingerprint density at radius 3 is 2.76 bits per heavy atom. The highest BCUT2D eigenvalue weighted by atomic mass is 16.1. The van der Waals surface area contributed by atoms with E-state index in [0.717, 1.165) is 59.4 Å². The number of H-pyrrole nitrogens is 1. The van der Waals surface area contributed by atoms with Crippen molar-refractivity contribution in [3.05, 3.63) is 58.8 Å². The van der Waals surface area contributed by atoms with E-state index < -0.39 is 0 Å². The van der Waals surface area contributed by atoms with Crippen LogP contribution in [-0.4, -0.2) is 54.8 Å². The fourth-order valence-electron chi connectivity index (χ4n) is 5.18. The van der Waals surface area contributed by atoms with Gasteiger partial charge in [-0.3, -0.25) is 14.8 Å². The van der Waals surface area contributed by atoms with Gasteiger partial charge in [-0.1, -0.05) is 13.8 Å². The van der Waals surface area contributed by atoms with Crippen molar-refractivity contribution < 1.29 is 0 Å². The Balaban J connectivity index is 1.49. The van der Waals surface area contributed by atoms with Gasteiger partial charge < -0.3 is 9.47 Å². The number of aromatic amines is 1. The fraction of sp³-hybridized carbons (Fsp3) is 0.440. The van der Waals surface area contributed by atoms with E-state index in [1.54, 1.807) is 30.1 Å². The molecule has 0 saturated carbocycles. The predicted molar refractivity (Wildman–Crippen MR) is 131 cm³/mol. The van der Waals surface area contributed by atoms with Gasteiger partial charge in [0.1, 0.15) is 5.52 Å². The minimum Gasteiger partial charge on any atom is -0.364 e. The molecule has 5 rings (SSSR count). The minimum atomic E-state index is -0.00883. The molecule has 1 N–H and O–H groups in total. The van der Waals surface area contributed by atoms with Crippen molar-refractivity contribution in [2.45, 2.75) is 51.7 Å². The first-order valence-corrected chi connectivity index (χ1v) is 11.8. The van der Waals surface area contributed by atoms with Crippen molar-refractivity contribution in [1.29, 1.82) is 0 Å². The molecule has 1 aliphatic rings. The van der Waals surface area contributed by atoms with E-state index in [4.69, 9.17) is 4.98 Å². The van der Waals surface area contributed by atoms with Gasteiger partial charge in [0.2, 0.25) is 0 Å². The molecular formula is C25H31N7O. The molecule has 8 heteroatoms. The lowest BCUT2D eigenvalue weighted by Crippen LogP contribution is -2.58. The van der Waals surface area contributed by atoms with Crippen LogP contribution in [0, 0.1) is 0 Å². The fourth-order valence-corrected chi connectivity index (χ4v) is 5.18. The summed E-state index contributed by atoms with van der Waals surface area (Å²) in [6, 6.07) is 10.8. The predicted octanol–water partition coefficient (Wildman–Crippen LogP) is 3.65. The molecule has 0 spiro atoms. The molecule has 1 fully saturated rings. The molecule has 4 aromatic heterocycles. The van der Waals surface area contributed by atoms with Crippen molar-refractivity contribution in [2.75, 3.05) is 18.0 Å². The second kappa shape index (κ2) is 8.59. The number of nitrogens with zero attached hydrogens (tertiary/aromatic N) is 6. The van der Waals surface area contributed by atoms with Crippen LogP contribution in [0.25, 0.3) is 22.1 Å². The second-order valence-corrected chi connectivity index (χ2v) is 8.99. The van der Waals surface area contributed by atoms with Crippen LogP contribution >= 0.6 is 0 Å². The Bertz CT molecular complexity index is 1340. The van der Waals surface area contributed by atoms with Gasteiger partial charge in [0.25, 0.3) is 5.56 Å². The Morgan fingerprint density at radius 2 is 1.97 bits per heavy atom. The average molecular weight is 446 g/mol. The summed E-state index contributed by atoms with van der Waals surface area (Å²) in [4.78, 5) is 27.0. The van der Waals surface area contributed by atoms with E-state index in [1.807, 2.05) is 12.1 Å². The summed E-state index contributed by atoms with van der Waals surface area (Å²) in [7, 11) is 1.79. The highest BCUT2D eigenvalue weighted by Crippen LogP contribution is 2.34. The first kappa shape index (κ1) is 21.6. The number of fused-ring (bicyclic) bond motifs is 2. The van der Waals surface area contributed by atoms with Crippen LogP contribution in [0.5, 0.6) is 0 Å². The standard InChI is InChI=1S/C25H31N7O/c1-5-18-15-32(21-12-23(33)30(4)22-13-27-29-24(21)22)19(6-2)14-31(18)16(3)20-10-9-17-8-7-11-26-25(17)28-20/h7-13,16,18-19H,5-6,14-15H2,1-4H3,(H,27,29)/t16?,18-,19+/m1/s1. The van der Waals surface area contributed by atoms with Crippen LogP contribution in [-0.2, 0) is 7.05 Å². The average Bonchev–Trinajstić information content (AvgIpc) is 3.35. The summed E-state index contributed by atoms with van der Waals surface area (Å²) in [6.45, 7) is 8.46. The van der Waals surface area contributed by atoms with E-state index >= 15 is 0 Å². The lowest BCUT2D eigenvalue weighted by atomic mass is 9.98. The molecule has 33 heavy (non-hydrogen) atoms. The molecule has 0 amide bonds. The normalized spacial score (nSPS) is 20.5. The Kier molecular flexibility index (Phi) is 5.62. The quantitative estimate of drug-likeness (QED) is 0.505. The lowest BCUT2D eigenvalue weighted by molar-refractivity contribution is 0.0993. The largest absolute Gasteiger partial charge is 0.364 e. The van der Waals surface area contributed by atoms with Crippen molar-refractivity contribution in [1.82, 2.24) is 29.6 Å². The van der Waals surface area contributed by atoms with Gasteiger partial charge in [0.15, 0.2) is 5.65 Å². The first-order valence-electron chi connectivity index (χ1n) is 11.8. The third-order valence-electron chi connectivity index (χ3n) is 7.23. The number of aryl methyl sites for hydroxylation is 1. The highest BCUT2D eigenvalue weighted by Gasteiger charge is 2.36. The Labute approximate surface area is 193 Å². The maximum atomic E-state index is 12.7. The molecule has 4 aromatic rings. The molecule has 1 unspecified atom stereocenters. The second-order valence-electron chi connectivity index (χ2n) is 8.99. The van der Waals surface area contributed by atoms with E-state index in [-0.39, 0.29) is 17.6 Å². The monoisotopic (exact) mass is 445 g/mol. The summed E-state index contributed by atoms with van der Waals surface area (Å²) in [6.07, 6.45) is 5.53. The van der Waals surface area contributed by atoms with Crippen LogP contribution in [0.4, 0.5) is 5.69 Å². The van der Waals surface area contributed by atoms with Crippen LogP contribution < -0.4 is 10.5 Å². The highest BCUT2D eigenvalue weighted by molar-refractivity contribution is 5.88. The smallest absolute Gasteiger partial charge is 0.252 e. The lowest BCUT2D eigenvalue weighted by Gasteiger charge is -2.49. The van der Waals surface area contributed by atoms with Gasteiger partial charge >= 0.3 is 0 Å². The number of piperazine rings is 1. The van der Waals surface area contributed by atoms with E-state index in [2.05, 4.69) is 57.9 Å². The van der Waals surface area contributed by atoms with Gasteiger partial charge in [-0.25, -0.2) is 9.97 Å². The van der Waals surface area contributed by atoms with Crippen LogP contribution in [0.1, 0.15) is 45.3 Å². The van der Waals surface area contributed by atoms with Crippen LogP contribution in [0.3, 0.4) is 0 Å². The van der Waals surface area contributed by atoms with Crippen molar-refractivity contribution in [2.24, 2.45) is 7.05 Å². The van der Waals surface area contributed by atoms with Crippen molar-refractivity contribution in [3.63, 3.8) is 0 Å². The molecule has 0 aliphatic carbocycles. The van der Waals surface area contributed by atoms with Gasteiger partial charge in [-0.2, -0.15) is 5.10 Å². The molecular weight excluding hydrogens is 414 g/mol. The number of anilines is 1. The minimum absolute atomic E-state index is 0.00883. The molecule has 0 radical (unpaired) electrons. The van der Waals surface area contributed by atoms with E-state index in [9.17, 15) is 4.79 Å². The molecule has 0 aromatic carbocycles. The molecule has 0 bridgehead atoms. The SMILES string of the molecule is CC[C@H]1CN(C(C)c2ccc3cccnc3n2)[C@H](CC)CN1c1cc(=O)n(C)c2cn[nH]c12. The summed E-state index contributed by atoms with van der Waals surface area (Å²) >= 11 is 0. The molecule has 172 valence electrons. The first-order chi connectivity index (χ1) is 16.0. The van der Waals surface area contributed by atoms with Gasteiger partial charge in [-0.15, -0.1) is 0 Å². The van der Waals surface area contributed by atoms with Crippen LogP contribution in [0.15, 0.2) is 47.5 Å². The summed E-state index contributed by atoms with van der Waals surface area (Å²) in [5, 5.41) is 8.41. The number of aromatic nitrogens is 5. The zero-order valence-electron chi connectivity index (χ0n) is 19.7. The van der Waals surface area contributed by atoms with E-state index in [0.29, 0.717) is 6.04 Å². The number of hydrogen-bond donors (Lipinski definition) is 1. The zero-order chi connectivity index (χ0) is 23.1. The topological polar surface area (TPSA) is 82.9 Å². The zero-order valence-corrected chi connectivity index (χ0v) is 19.7. The molecule has 1 aliphatic heterocycles. The van der Waals surface area contributed by atoms with Crippen LogP contribution in [0.2, 0.25) is 0 Å². The molecule has 1 saturated heterocycles. The Hall–Kier alpha value is -3.26. The molecule has 8 nitrogen and oxygen atoms in total.